The minimum atomic E-state index is -0.493. The first-order chi connectivity index (χ1) is 13.0. The molecule has 4 amide bonds. The van der Waals surface area contributed by atoms with E-state index < -0.39 is 17.9 Å². The third kappa shape index (κ3) is 7.08. The zero-order valence-corrected chi connectivity index (χ0v) is 15.5. The molecule has 1 aromatic rings. The molecule has 0 spiro atoms. The lowest BCUT2D eigenvalue weighted by Crippen LogP contribution is -2.48. The SMILES string of the molecule is CC(=O)N[C@@H](CC(=O)NNC(=O)CN1CCCCCC1=O)c1ccccc1. The molecule has 27 heavy (non-hydrogen) atoms. The molecule has 0 aliphatic carbocycles. The van der Waals surface area contributed by atoms with Gasteiger partial charge in [0.05, 0.1) is 12.5 Å². The summed E-state index contributed by atoms with van der Waals surface area (Å²) in [6.45, 7) is 1.86. The number of hydrogen-bond donors (Lipinski definition) is 3. The number of hydrazine groups is 1. The average molecular weight is 374 g/mol. The van der Waals surface area contributed by atoms with E-state index in [1.165, 1.54) is 11.8 Å². The first-order valence-electron chi connectivity index (χ1n) is 9.13. The van der Waals surface area contributed by atoms with Gasteiger partial charge in [0.15, 0.2) is 0 Å². The molecule has 0 bridgehead atoms. The number of rotatable bonds is 6. The number of carbonyl (C=O) groups is 4. The third-order valence-corrected chi connectivity index (χ3v) is 4.32. The van der Waals surface area contributed by atoms with Gasteiger partial charge in [-0.1, -0.05) is 36.8 Å². The van der Waals surface area contributed by atoms with Crippen LogP contribution in [0.25, 0.3) is 0 Å². The molecule has 146 valence electrons. The van der Waals surface area contributed by atoms with E-state index in [-0.39, 0.29) is 24.8 Å². The van der Waals surface area contributed by atoms with E-state index in [1.54, 1.807) is 0 Å². The predicted molar refractivity (Wildman–Crippen MR) is 99.0 cm³/mol. The molecule has 0 saturated carbocycles. The van der Waals surface area contributed by atoms with Crippen molar-refractivity contribution in [3.63, 3.8) is 0 Å². The van der Waals surface area contributed by atoms with Gasteiger partial charge >= 0.3 is 0 Å². The number of benzene rings is 1. The zero-order chi connectivity index (χ0) is 19.6. The maximum atomic E-state index is 12.2. The lowest BCUT2D eigenvalue weighted by atomic mass is 10.0. The normalized spacial score (nSPS) is 15.4. The standard InChI is InChI=1S/C19H26N4O4/c1-14(24)20-16(15-8-4-2-5-9-15)12-17(25)21-22-18(26)13-23-11-7-3-6-10-19(23)27/h2,4-5,8-9,16H,3,6-7,10-13H2,1H3,(H,20,24)(H,21,25)(H,22,26)/t16-/m0/s1. The minimum Gasteiger partial charge on any atom is -0.349 e. The summed E-state index contributed by atoms with van der Waals surface area (Å²) in [5, 5.41) is 2.73. The molecule has 1 aromatic carbocycles. The second-order valence-electron chi connectivity index (χ2n) is 6.59. The van der Waals surface area contributed by atoms with Crippen LogP contribution in [0.15, 0.2) is 30.3 Å². The monoisotopic (exact) mass is 374 g/mol. The highest BCUT2D eigenvalue weighted by atomic mass is 16.2. The van der Waals surface area contributed by atoms with Gasteiger partial charge in [-0.05, 0) is 18.4 Å². The van der Waals surface area contributed by atoms with Crippen molar-refractivity contribution in [3.8, 4) is 0 Å². The Morgan fingerprint density at radius 1 is 1.04 bits per heavy atom. The van der Waals surface area contributed by atoms with E-state index in [2.05, 4.69) is 16.2 Å². The summed E-state index contributed by atoms with van der Waals surface area (Å²) in [5.74, 6) is -1.17. The van der Waals surface area contributed by atoms with Crippen molar-refractivity contribution < 1.29 is 19.2 Å². The van der Waals surface area contributed by atoms with Crippen molar-refractivity contribution in [1.82, 2.24) is 21.1 Å². The van der Waals surface area contributed by atoms with Crippen molar-refractivity contribution in [3.05, 3.63) is 35.9 Å². The van der Waals surface area contributed by atoms with Crippen molar-refractivity contribution in [2.24, 2.45) is 0 Å². The van der Waals surface area contributed by atoms with Crippen molar-refractivity contribution in [2.75, 3.05) is 13.1 Å². The molecule has 1 atom stereocenters. The molecule has 1 heterocycles. The Bertz CT molecular complexity index is 678. The van der Waals surface area contributed by atoms with Gasteiger partial charge in [-0.25, -0.2) is 0 Å². The van der Waals surface area contributed by atoms with E-state index >= 15 is 0 Å². The van der Waals surface area contributed by atoms with E-state index in [1.807, 2.05) is 30.3 Å². The number of carbonyl (C=O) groups excluding carboxylic acids is 4. The maximum Gasteiger partial charge on any atom is 0.257 e. The van der Waals surface area contributed by atoms with Gasteiger partial charge in [-0.3, -0.25) is 30.0 Å². The summed E-state index contributed by atoms with van der Waals surface area (Å²) in [5.41, 5.74) is 5.48. The second kappa shape index (κ2) is 10.3. The Balaban J connectivity index is 1.83. The van der Waals surface area contributed by atoms with Crippen LogP contribution in [0.5, 0.6) is 0 Å². The van der Waals surface area contributed by atoms with Crippen LogP contribution in [0, 0.1) is 0 Å². The molecule has 8 nitrogen and oxygen atoms in total. The summed E-state index contributed by atoms with van der Waals surface area (Å²) in [7, 11) is 0. The molecule has 0 aromatic heterocycles. The van der Waals surface area contributed by atoms with Crippen LogP contribution in [0.1, 0.15) is 50.6 Å². The number of nitrogens with one attached hydrogen (secondary N) is 3. The Hall–Kier alpha value is -2.90. The molecule has 1 aliphatic heterocycles. The molecule has 0 unspecified atom stereocenters. The minimum absolute atomic E-state index is 0.0213. The highest BCUT2D eigenvalue weighted by Gasteiger charge is 2.20. The first kappa shape index (κ1) is 20.4. The quantitative estimate of drug-likeness (QED) is 0.640. The molecular weight excluding hydrogens is 348 g/mol. The Morgan fingerprint density at radius 3 is 2.44 bits per heavy atom. The van der Waals surface area contributed by atoms with Crippen LogP contribution in [0.2, 0.25) is 0 Å². The molecular formula is C19H26N4O4. The van der Waals surface area contributed by atoms with Gasteiger partial charge in [-0.15, -0.1) is 0 Å². The van der Waals surface area contributed by atoms with Crippen LogP contribution in [-0.2, 0) is 19.2 Å². The lowest BCUT2D eigenvalue weighted by molar-refractivity contribution is -0.136. The Morgan fingerprint density at radius 2 is 1.74 bits per heavy atom. The summed E-state index contributed by atoms with van der Waals surface area (Å²) in [4.78, 5) is 49.0. The van der Waals surface area contributed by atoms with Crippen molar-refractivity contribution in [1.29, 1.82) is 0 Å². The summed E-state index contributed by atoms with van der Waals surface area (Å²) in [6, 6.07) is 8.63. The highest BCUT2D eigenvalue weighted by molar-refractivity contribution is 5.87. The van der Waals surface area contributed by atoms with E-state index in [0.717, 1.165) is 24.8 Å². The smallest absolute Gasteiger partial charge is 0.257 e. The fraction of sp³-hybridized carbons (Fsp3) is 0.474. The van der Waals surface area contributed by atoms with Gasteiger partial charge < -0.3 is 10.2 Å². The van der Waals surface area contributed by atoms with Crippen molar-refractivity contribution in [2.45, 2.75) is 45.1 Å². The van der Waals surface area contributed by atoms with Gasteiger partial charge in [-0.2, -0.15) is 0 Å². The molecule has 1 fully saturated rings. The van der Waals surface area contributed by atoms with E-state index in [4.69, 9.17) is 0 Å². The van der Waals surface area contributed by atoms with Crippen molar-refractivity contribution >= 4 is 23.6 Å². The number of nitrogens with zero attached hydrogens (tertiary/aromatic N) is 1. The summed E-state index contributed by atoms with van der Waals surface area (Å²) < 4.78 is 0. The third-order valence-electron chi connectivity index (χ3n) is 4.32. The molecule has 1 aliphatic rings. The highest BCUT2D eigenvalue weighted by Crippen LogP contribution is 2.16. The number of hydrogen-bond acceptors (Lipinski definition) is 4. The fourth-order valence-electron chi connectivity index (χ4n) is 2.98. The molecule has 3 N–H and O–H groups in total. The zero-order valence-electron chi connectivity index (χ0n) is 15.5. The average Bonchev–Trinajstić information content (AvgIpc) is 2.84. The lowest BCUT2D eigenvalue weighted by Gasteiger charge is -2.21. The molecule has 2 rings (SSSR count). The topological polar surface area (TPSA) is 108 Å². The van der Waals surface area contributed by atoms with Crippen LogP contribution in [0.4, 0.5) is 0 Å². The predicted octanol–water partition coefficient (Wildman–Crippen LogP) is 0.804. The number of likely N-dealkylation sites (tertiary alicyclic amines) is 1. The second-order valence-corrected chi connectivity index (χ2v) is 6.59. The van der Waals surface area contributed by atoms with Gasteiger partial charge in [0, 0.05) is 19.9 Å². The maximum absolute atomic E-state index is 12.2. The Kier molecular flexibility index (Phi) is 7.79. The summed E-state index contributed by atoms with van der Waals surface area (Å²) in [6.07, 6.45) is 3.13. The fourth-order valence-corrected chi connectivity index (χ4v) is 2.98. The molecule has 8 heteroatoms. The van der Waals surface area contributed by atoms with E-state index in [0.29, 0.717) is 13.0 Å². The van der Waals surface area contributed by atoms with Crippen LogP contribution in [-0.4, -0.2) is 41.6 Å². The van der Waals surface area contributed by atoms with Gasteiger partial charge in [0.1, 0.15) is 6.54 Å². The largest absolute Gasteiger partial charge is 0.349 e. The number of amides is 4. The van der Waals surface area contributed by atoms with Gasteiger partial charge in [0.2, 0.25) is 17.7 Å². The van der Waals surface area contributed by atoms with E-state index in [9.17, 15) is 19.2 Å². The summed E-state index contributed by atoms with van der Waals surface area (Å²) >= 11 is 0. The van der Waals surface area contributed by atoms with Crippen LogP contribution in [0.3, 0.4) is 0 Å². The Labute approximate surface area is 158 Å². The first-order valence-corrected chi connectivity index (χ1v) is 9.13. The van der Waals surface area contributed by atoms with Gasteiger partial charge in [0.25, 0.3) is 5.91 Å². The molecule has 1 saturated heterocycles. The van der Waals surface area contributed by atoms with Crippen LogP contribution >= 0.6 is 0 Å². The molecule has 0 radical (unpaired) electrons. The van der Waals surface area contributed by atoms with Crippen LogP contribution < -0.4 is 16.2 Å².